The van der Waals surface area contributed by atoms with Crippen LogP contribution in [0.25, 0.3) is 0 Å². The lowest BCUT2D eigenvalue weighted by molar-refractivity contribution is -0.119. The summed E-state index contributed by atoms with van der Waals surface area (Å²) in [6.07, 6.45) is 0. The second-order valence-electron chi connectivity index (χ2n) is 11.6. The third-order valence-electron chi connectivity index (χ3n) is 8.70. The van der Waals surface area contributed by atoms with Crippen molar-refractivity contribution in [3.63, 3.8) is 0 Å². The molecule has 1 atom stereocenters. The third kappa shape index (κ3) is 7.14. The first-order valence-electron chi connectivity index (χ1n) is 16.3. The highest BCUT2D eigenvalue weighted by molar-refractivity contribution is 8.01. The minimum Gasteiger partial charge on any atom is -0.368 e. The van der Waals surface area contributed by atoms with Gasteiger partial charge in [0.25, 0.3) is 0 Å². The van der Waals surface area contributed by atoms with Crippen LogP contribution in [0.2, 0.25) is 0 Å². The van der Waals surface area contributed by atoms with E-state index in [0.29, 0.717) is 12.3 Å². The molecule has 0 saturated heterocycles. The molecule has 0 fully saturated rings. The Labute approximate surface area is 293 Å². The zero-order chi connectivity index (χ0) is 33.1. The molecule has 0 heterocycles. The van der Waals surface area contributed by atoms with Crippen LogP contribution in [-0.2, 0) is 14.3 Å². The first kappa shape index (κ1) is 33.4. The Hall–Kier alpha value is -4.55. The summed E-state index contributed by atoms with van der Waals surface area (Å²) < 4.78 is -0.956. The smallest absolute Gasteiger partial charge is 0.235 e. The molecule has 0 radical (unpaired) electrons. The van der Waals surface area contributed by atoms with Crippen LogP contribution in [0, 0.1) is 0 Å². The molecule has 6 aromatic rings. The van der Waals surface area contributed by atoms with E-state index in [9.17, 15) is 4.79 Å². The first-order chi connectivity index (χ1) is 23.6. The number of rotatable bonds is 15. The fourth-order valence-electron chi connectivity index (χ4n) is 6.42. The number of hydrogen-bond acceptors (Lipinski definition) is 4. The minimum absolute atomic E-state index is 0.351. The molecule has 0 spiro atoms. The zero-order valence-electron chi connectivity index (χ0n) is 26.8. The lowest BCUT2D eigenvalue weighted by Gasteiger charge is -2.37. The van der Waals surface area contributed by atoms with Crippen molar-refractivity contribution in [3.8, 4) is 0 Å². The van der Waals surface area contributed by atoms with E-state index in [-0.39, 0.29) is 5.91 Å². The van der Waals surface area contributed by atoms with Crippen LogP contribution in [0.4, 0.5) is 0 Å². The number of nitrogens with one attached hydrogen (secondary N) is 1. The second kappa shape index (κ2) is 16.0. The summed E-state index contributed by atoms with van der Waals surface area (Å²) in [6.45, 7) is 0.613. The van der Waals surface area contributed by atoms with Crippen molar-refractivity contribution in [3.05, 3.63) is 215 Å². The number of benzene rings is 6. The Morgan fingerprint density at radius 1 is 0.479 bits per heavy atom. The van der Waals surface area contributed by atoms with Crippen LogP contribution in [-0.4, -0.2) is 30.0 Å². The normalized spacial score (nSPS) is 12.3. The highest BCUT2D eigenvalue weighted by atomic mass is 32.2. The molecule has 0 saturated carbocycles. The van der Waals surface area contributed by atoms with Gasteiger partial charge in [-0.25, -0.2) is 0 Å². The molecule has 1 unspecified atom stereocenters. The van der Waals surface area contributed by atoms with E-state index in [4.69, 9.17) is 5.73 Å². The molecule has 0 bridgehead atoms. The number of hydrogen-bond donors (Lipinski definition) is 2. The van der Waals surface area contributed by atoms with Gasteiger partial charge in [0.15, 0.2) is 0 Å². The molecular weight excluding hydrogens is 625 g/mol. The maximum Gasteiger partial charge on any atom is 0.235 e. The SMILES string of the molecule is NC(=O)C(CSC(c1ccccc1)(c1ccccc1)c1ccccc1)NCCSC(c1ccccc1)(c1ccccc1)c1ccccc1. The summed E-state index contributed by atoms with van der Waals surface area (Å²) in [5.74, 6) is 0.907. The Morgan fingerprint density at radius 3 is 1.02 bits per heavy atom. The Balaban J connectivity index is 1.27. The van der Waals surface area contributed by atoms with Gasteiger partial charge in [0, 0.05) is 18.1 Å². The highest BCUT2D eigenvalue weighted by Gasteiger charge is 2.39. The second-order valence-corrected chi connectivity index (χ2v) is 14.2. The lowest BCUT2D eigenvalue weighted by atomic mass is 9.84. The lowest BCUT2D eigenvalue weighted by Crippen LogP contribution is -2.45. The topological polar surface area (TPSA) is 55.1 Å². The molecule has 1 amide bonds. The van der Waals surface area contributed by atoms with E-state index in [2.05, 4.69) is 169 Å². The van der Waals surface area contributed by atoms with Gasteiger partial charge in [-0.2, -0.15) is 0 Å². The highest BCUT2D eigenvalue weighted by Crippen LogP contribution is 2.49. The van der Waals surface area contributed by atoms with E-state index in [0.717, 1.165) is 22.4 Å². The van der Waals surface area contributed by atoms with Crippen molar-refractivity contribution >= 4 is 29.4 Å². The van der Waals surface area contributed by atoms with Crippen LogP contribution in [0.15, 0.2) is 182 Å². The Kier molecular flexibility index (Phi) is 11.1. The van der Waals surface area contributed by atoms with E-state index in [1.54, 1.807) is 11.8 Å². The first-order valence-corrected chi connectivity index (χ1v) is 18.3. The molecule has 0 aliphatic rings. The Bertz CT molecular complexity index is 1650. The van der Waals surface area contributed by atoms with Crippen molar-refractivity contribution in [2.45, 2.75) is 15.5 Å². The summed E-state index contributed by atoms with van der Waals surface area (Å²) in [5, 5.41) is 3.56. The van der Waals surface area contributed by atoms with Gasteiger partial charge < -0.3 is 11.1 Å². The largest absolute Gasteiger partial charge is 0.368 e. The van der Waals surface area contributed by atoms with Gasteiger partial charge in [-0.3, -0.25) is 4.79 Å². The molecule has 3 N–H and O–H groups in total. The van der Waals surface area contributed by atoms with Crippen molar-refractivity contribution in [1.82, 2.24) is 5.32 Å². The molecule has 5 heteroatoms. The van der Waals surface area contributed by atoms with E-state index in [1.807, 2.05) is 30.0 Å². The predicted molar refractivity (Wildman–Crippen MR) is 204 cm³/mol. The minimum atomic E-state index is -0.531. The van der Waals surface area contributed by atoms with Gasteiger partial charge in [0.05, 0.1) is 15.5 Å². The van der Waals surface area contributed by atoms with Gasteiger partial charge in [-0.1, -0.05) is 182 Å². The van der Waals surface area contributed by atoms with E-state index >= 15 is 0 Å². The molecular formula is C43H40N2OS2. The summed E-state index contributed by atoms with van der Waals surface area (Å²) in [6, 6.07) is 63.2. The zero-order valence-corrected chi connectivity index (χ0v) is 28.5. The quantitative estimate of drug-likeness (QED) is 0.0851. The van der Waals surface area contributed by atoms with Crippen LogP contribution in [0.1, 0.15) is 33.4 Å². The maximum absolute atomic E-state index is 13.0. The summed E-state index contributed by atoms with van der Waals surface area (Å²) >= 11 is 3.62. The van der Waals surface area contributed by atoms with Crippen LogP contribution in [0.5, 0.6) is 0 Å². The molecule has 0 aromatic heterocycles. The van der Waals surface area contributed by atoms with E-state index < -0.39 is 15.5 Å². The van der Waals surface area contributed by atoms with Crippen LogP contribution >= 0.6 is 23.5 Å². The fraction of sp³-hybridized carbons (Fsp3) is 0.140. The molecule has 240 valence electrons. The van der Waals surface area contributed by atoms with Gasteiger partial charge in [-0.05, 0) is 33.4 Å². The van der Waals surface area contributed by atoms with Crippen molar-refractivity contribution in [2.24, 2.45) is 5.73 Å². The van der Waals surface area contributed by atoms with Gasteiger partial charge in [0.2, 0.25) is 5.91 Å². The van der Waals surface area contributed by atoms with Crippen molar-refractivity contribution in [2.75, 3.05) is 18.1 Å². The fourth-order valence-corrected chi connectivity index (χ4v) is 9.47. The summed E-state index contributed by atoms with van der Waals surface area (Å²) in [5.41, 5.74) is 13.2. The van der Waals surface area contributed by atoms with E-state index in [1.165, 1.54) is 16.7 Å². The predicted octanol–water partition coefficient (Wildman–Crippen LogP) is 8.88. The number of nitrogens with two attached hydrogens (primary N) is 1. The van der Waals surface area contributed by atoms with Gasteiger partial charge in [-0.15, -0.1) is 23.5 Å². The molecule has 6 rings (SSSR count). The molecule has 3 nitrogen and oxygen atoms in total. The number of carbonyl (C=O) groups excluding carboxylic acids is 1. The Morgan fingerprint density at radius 2 is 0.750 bits per heavy atom. The van der Waals surface area contributed by atoms with Gasteiger partial charge >= 0.3 is 0 Å². The average Bonchev–Trinajstić information content (AvgIpc) is 3.16. The standard InChI is InChI=1S/C43H40N2OS2/c44-41(46)40(33-48-43(37-25-13-4-14-26-37,38-27-15-5-16-28-38)39-29-17-6-18-30-39)45-31-32-47-42(34-19-7-1-8-20-34,35-21-9-2-10-22-35)36-23-11-3-12-24-36/h1-30,40,45H,31-33H2,(H2,44,46). The molecule has 48 heavy (non-hydrogen) atoms. The van der Waals surface area contributed by atoms with Crippen molar-refractivity contribution < 1.29 is 4.79 Å². The van der Waals surface area contributed by atoms with Gasteiger partial charge in [0.1, 0.15) is 0 Å². The summed E-state index contributed by atoms with van der Waals surface area (Å²) in [7, 11) is 0. The third-order valence-corrected chi connectivity index (χ3v) is 11.9. The molecule has 0 aliphatic heterocycles. The van der Waals surface area contributed by atoms with Crippen LogP contribution in [0.3, 0.4) is 0 Å². The van der Waals surface area contributed by atoms with Crippen LogP contribution < -0.4 is 11.1 Å². The number of thioether (sulfide) groups is 2. The number of amides is 1. The number of primary amides is 1. The molecule has 6 aromatic carbocycles. The maximum atomic E-state index is 13.0. The summed E-state index contributed by atoms with van der Waals surface area (Å²) in [4.78, 5) is 13.0. The van der Waals surface area contributed by atoms with Crippen molar-refractivity contribution in [1.29, 1.82) is 0 Å². The average molecular weight is 665 g/mol. The number of carbonyl (C=O) groups is 1. The monoisotopic (exact) mass is 664 g/mol. The molecule has 0 aliphatic carbocycles.